The summed E-state index contributed by atoms with van der Waals surface area (Å²) in [4.78, 5) is 26.2. The Morgan fingerprint density at radius 1 is 1.36 bits per heavy atom. The number of halogens is 2. The zero-order valence-electron chi connectivity index (χ0n) is 11.7. The lowest BCUT2D eigenvalue weighted by atomic mass is 10.1. The number of para-hydroxylation sites is 1. The summed E-state index contributed by atoms with van der Waals surface area (Å²) in [6, 6.07) is 7.72. The Labute approximate surface area is 124 Å². The summed E-state index contributed by atoms with van der Waals surface area (Å²) in [6.45, 7) is -0.369. The Morgan fingerprint density at radius 3 is 2.86 bits per heavy atom. The fourth-order valence-electron chi connectivity index (χ4n) is 2.63. The van der Waals surface area contributed by atoms with Crippen molar-refractivity contribution < 1.29 is 13.6 Å². The van der Waals surface area contributed by atoms with Gasteiger partial charge >= 0.3 is 0 Å². The predicted molar refractivity (Wildman–Crippen MR) is 77.8 cm³/mol. The third-order valence-electron chi connectivity index (χ3n) is 3.72. The van der Waals surface area contributed by atoms with Crippen LogP contribution in [-0.4, -0.2) is 29.4 Å². The van der Waals surface area contributed by atoms with Gasteiger partial charge in [-0.15, -0.1) is 0 Å². The molecule has 1 amide bonds. The Balaban J connectivity index is 1.74. The summed E-state index contributed by atoms with van der Waals surface area (Å²) in [6.07, 6.45) is -0.505. The van der Waals surface area contributed by atoms with Crippen LogP contribution in [0.1, 0.15) is 12.0 Å². The summed E-state index contributed by atoms with van der Waals surface area (Å²) in [5.74, 6) is -3.33. The quantitative estimate of drug-likeness (QED) is 0.796. The van der Waals surface area contributed by atoms with Crippen LogP contribution >= 0.6 is 0 Å². The lowest BCUT2D eigenvalue weighted by Crippen LogP contribution is -2.40. The van der Waals surface area contributed by atoms with Crippen molar-refractivity contribution >= 4 is 16.8 Å². The molecule has 1 aliphatic rings. The van der Waals surface area contributed by atoms with Crippen molar-refractivity contribution in [3.05, 3.63) is 46.2 Å². The molecule has 0 aliphatic carbocycles. The summed E-state index contributed by atoms with van der Waals surface area (Å²) in [5.41, 5.74) is 1.05. The number of alkyl halides is 2. The lowest BCUT2D eigenvalue weighted by molar-refractivity contribution is -0.123. The number of aromatic amines is 1. The minimum absolute atomic E-state index is 0.118. The molecule has 0 bridgehead atoms. The molecule has 3 rings (SSSR count). The molecule has 1 unspecified atom stereocenters. The first-order valence-corrected chi connectivity index (χ1v) is 6.94. The van der Waals surface area contributed by atoms with E-state index in [4.69, 9.17) is 0 Å². The van der Waals surface area contributed by atoms with E-state index in [-0.39, 0.29) is 12.1 Å². The fourth-order valence-corrected chi connectivity index (χ4v) is 2.63. The van der Waals surface area contributed by atoms with Gasteiger partial charge in [0.1, 0.15) is 0 Å². The fraction of sp³-hybridized carbons (Fsp3) is 0.333. The van der Waals surface area contributed by atoms with Gasteiger partial charge in [0.15, 0.2) is 0 Å². The van der Waals surface area contributed by atoms with E-state index in [9.17, 15) is 18.4 Å². The second kappa shape index (κ2) is 5.49. The number of pyridine rings is 1. The van der Waals surface area contributed by atoms with E-state index in [1.807, 2.05) is 12.1 Å². The van der Waals surface area contributed by atoms with Gasteiger partial charge in [0.2, 0.25) is 11.5 Å². The maximum atomic E-state index is 13.1. The molecule has 7 heteroatoms. The lowest BCUT2D eigenvalue weighted by Gasteiger charge is -2.12. The number of carbonyl (C=O) groups is 1. The molecular formula is C15H15F2N3O2. The van der Waals surface area contributed by atoms with Crippen LogP contribution in [0.2, 0.25) is 0 Å². The summed E-state index contributed by atoms with van der Waals surface area (Å²) in [5, 5.41) is 5.92. The summed E-state index contributed by atoms with van der Waals surface area (Å²) in [7, 11) is 0. The molecule has 2 heterocycles. The second-order valence-electron chi connectivity index (χ2n) is 5.42. The molecule has 1 aromatic heterocycles. The van der Waals surface area contributed by atoms with E-state index in [0.717, 1.165) is 5.39 Å². The van der Waals surface area contributed by atoms with Crippen molar-refractivity contribution in [3.63, 3.8) is 0 Å². The highest BCUT2D eigenvalue weighted by Gasteiger charge is 2.42. The monoisotopic (exact) mass is 307 g/mol. The highest BCUT2D eigenvalue weighted by atomic mass is 19.3. The van der Waals surface area contributed by atoms with E-state index in [2.05, 4.69) is 15.6 Å². The van der Waals surface area contributed by atoms with Crippen LogP contribution in [0.15, 0.2) is 35.1 Å². The molecule has 1 saturated heterocycles. The topological polar surface area (TPSA) is 74.0 Å². The SMILES string of the molecule is O=C(NCc1cc(=O)[nH]c2ccccc12)C1CC(F)(F)CN1. The number of amides is 1. The van der Waals surface area contributed by atoms with Crippen molar-refractivity contribution in [2.45, 2.75) is 24.9 Å². The minimum atomic E-state index is -2.85. The van der Waals surface area contributed by atoms with Gasteiger partial charge in [0.05, 0.1) is 12.6 Å². The molecule has 3 N–H and O–H groups in total. The van der Waals surface area contributed by atoms with Gasteiger partial charge in [0, 0.05) is 29.9 Å². The van der Waals surface area contributed by atoms with Crippen LogP contribution in [0.3, 0.4) is 0 Å². The number of hydrogen-bond acceptors (Lipinski definition) is 3. The predicted octanol–water partition coefficient (Wildman–Crippen LogP) is 1.14. The van der Waals surface area contributed by atoms with Crippen molar-refractivity contribution in [2.75, 3.05) is 6.54 Å². The number of rotatable bonds is 3. The van der Waals surface area contributed by atoms with Crippen molar-refractivity contribution in [2.24, 2.45) is 0 Å². The average molecular weight is 307 g/mol. The van der Waals surface area contributed by atoms with Gasteiger partial charge in [-0.05, 0) is 11.6 Å². The molecule has 1 fully saturated rings. The number of H-pyrrole nitrogens is 1. The normalized spacial score (nSPS) is 20.2. The van der Waals surface area contributed by atoms with Gasteiger partial charge < -0.3 is 10.3 Å². The number of carbonyl (C=O) groups excluding carboxylic acids is 1. The van der Waals surface area contributed by atoms with Crippen LogP contribution in [-0.2, 0) is 11.3 Å². The molecule has 1 aromatic carbocycles. The maximum Gasteiger partial charge on any atom is 0.262 e. The van der Waals surface area contributed by atoms with Crippen LogP contribution in [0.4, 0.5) is 8.78 Å². The Bertz CT molecular complexity index is 773. The zero-order chi connectivity index (χ0) is 15.7. The second-order valence-corrected chi connectivity index (χ2v) is 5.42. The Morgan fingerprint density at radius 2 is 2.14 bits per heavy atom. The van der Waals surface area contributed by atoms with Gasteiger partial charge in [-0.3, -0.25) is 14.9 Å². The summed E-state index contributed by atoms with van der Waals surface area (Å²) >= 11 is 0. The van der Waals surface area contributed by atoms with E-state index in [1.165, 1.54) is 6.07 Å². The molecule has 2 aromatic rings. The Hall–Kier alpha value is -2.28. The molecule has 1 aliphatic heterocycles. The van der Waals surface area contributed by atoms with Gasteiger partial charge in [-0.25, -0.2) is 8.78 Å². The van der Waals surface area contributed by atoms with Gasteiger partial charge in [-0.2, -0.15) is 0 Å². The number of hydrogen-bond donors (Lipinski definition) is 3. The average Bonchev–Trinajstić information content (AvgIpc) is 2.84. The minimum Gasteiger partial charge on any atom is -0.351 e. The van der Waals surface area contributed by atoms with E-state index < -0.39 is 30.8 Å². The number of nitrogens with one attached hydrogen (secondary N) is 3. The standard InChI is InChI=1S/C15H15F2N3O2/c16-15(17)6-12(19-8-15)14(22)18-7-9-5-13(21)20-11-4-2-1-3-10(9)11/h1-5,12,19H,6-8H2,(H,18,22)(H,20,21). The molecular weight excluding hydrogens is 292 g/mol. The van der Waals surface area contributed by atoms with E-state index in [1.54, 1.807) is 12.1 Å². The molecule has 22 heavy (non-hydrogen) atoms. The van der Waals surface area contributed by atoms with Crippen LogP contribution in [0.5, 0.6) is 0 Å². The summed E-state index contributed by atoms with van der Waals surface area (Å²) < 4.78 is 26.2. The third kappa shape index (κ3) is 2.99. The van der Waals surface area contributed by atoms with Crippen LogP contribution in [0.25, 0.3) is 10.9 Å². The molecule has 116 valence electrons. The largest absolute Gasteiger partial charge is 0.351 e. The highest BCUT2D eigenvalue weighted by Crippen LogP contribution is 2.25. The number of benzene rings is 1. The third-order valence-corrected chi connectivity index (χ3v) is 3.72. The van der Waals surface area contributed by atoms with Crippen molar-refractivity contribution in [1.82, 2.24) is 15.6 Å². The van der Waals surface area contributed by atoms with E-state index in [0.29, 0.717) is 11.1 Å². The molecule has 0 spiro atoms. The molecule has 0 saturated carbocycles. The Kier molecular flexibility index (Phi) is 3.66. The number of fused-ring (bicyclic) bond motifs is 1. The van der Waals surface area contributed by atoms with Crippen molar-refractivity contribution in [1.29, 1.82) is 0 Å². The maximum absolute atomic E-state index is 13.1. The van der Waals surface area contributed by atoms with Crippen molar-refractivity contribution in [3.8, 4) is 0 Å². The first-order valence-electron chi connectivity index (χ1n) is 6.94. The van der Waals surface area contributed by atoms with Crippen LogP contribution < -0.4 is 16.2 Å². The van der Waals surface area contributed by atoms with Gasteiger partial charge in [-0.1, -0.05) is 18.2 Å². The first kappa shape index (κ1) is 14.6. The first-order chi connectivity index (χ1) is 10.4. The zero-order valence-corrected chi connectivity index (χ0v) is 11.7. The van der Waals surface area contributed by atoms with E-state index >= 15 is 0 Å². The molecule has 1 atom stereocenters. The van der Waals surface area contributed by atoms with Crippen LogP contribution in [0, 0.1) is 0 Å². The van der Waals surface area contributed by atoms with Gasteiger partial charge in [0.25, 0.3) is 5.92 Å². The smallest absolute Gasteiger partial charge is 0.262 e. The highest BCUT2D eigenvalue weighted by molar-refractivity contribution is 5.84. The molecule has 0 radical (unpaired) electrons. The molecule has 5 nitrogen and oxygen atoms in total. The number of aromatic nitrogens is 1.